The molecule has 2 N–H and O–H groups in total. The summed E-state index contributed by atoms with van der Waals surface area (Å²) in [7, 11) is -4.27. The van der Waals surface area contributed by atoms with Crippen molar-refractivity contribution in [2.45, 2.75) is 24.3 Å². The van der Waals surface area contributed by atoms with Crippen LogP contribution in [0.25, 0.3) is 0 Å². The molecule has 2 aromatic rings. The minimum Gasteiger partial charge on any atom is -0.478 e. The summed E-state index contributed by atoms with van der Waals surface area (Å²) in [6.45, 7) is 1.78. The zero-order chi connectivity index (χ0) is 18.9. The predicted molar refractivity (Wildman–Crippen MR) is 90.8 cm³/mol. The van der Waals surface area contributed by atoms with Crippen molar-refractivity contribution in [1.82, 2.24) is 4.72 Å². The highest BCUT2D eigenvalue weighted by atomic mass is 32.2. The Labute approximate surface area is 149 Å². The summed E-state index contributed by atoms with van der Waals surface area (Å²) in [5.74, 6) is -1.98. The normalized spacial score (nSPS) is 16.2. The number of hydrogen-bond donors (Lipinski definition) is 2. The van der Waals surface area contributed by atoms with Crippen molar-refractivity contribution in [3.8, 4) is 5.75 Å². The average Bonchev–Trinajstić information content (AvgIpc) is 2.60. The third-order valence-corrected chi connectivity index (χ3v) is 5.13. The first-order valence-electron chi connectivity index (χ1n) is 7.75. The number of fused-ring (bicyclic) bond motifs is 1. The van der Waals surface area contributed by atoms with E-state index in [1.54, 1.807) is 6.92 Å². The van der Waals surface area contributed by atoms with Gasteiger partial charge in [-0.3, -0.25) is 9.59 Å². The van der Waals surface area contributed by atoms with Gasteiger partial charge in [-0.15, -0.1) is 0 Å². The van der Waals surface area contributed by atoms with Gasteiger partial charge in [-0.2, -0.15) is 0 Å². The van der Waals surface area contributed by atoms with E-state index in [4.69, 9.17) is 4.74 Å². The molecule has 0 fully saturated rings. The van der Waals surface area contributed by atoms with Crippen LogP contribution in [0.2, 0.25) is 0 Å². The topological polar surface area (TPSA) is 102 Å². The first-order chi connectivity index (χ1) is 12.3. The number of halogens is 1. The number of sulfonamides is 1. The van der Waals surface area contributed by atoms with Gasteiger partial charge in [0, 0.05) is 0 Å². The van der Waals surface area contributed by atoms with E-state index in [-0.39, 0.29) is 16.5 Å². The monoisotopic (exact) mass is 378 g/mol. The summed E-state index contributed by atoms with van der Waals surface area (Å²) in [5.41, 5.74) is -0.211. The van der Waals surface area contributed by atoms with Crippen LogP contribution in [-0.4, -0.2) is 26.3 Å². The van der Waals surface area contributed by atoms with E-state index < -0.39 is 33.4 Å². The number of carbonyl (C=O) groups excluding carboxylic acids is 2. The van der Waals surface area contributed by atoms with Crippen LogP contribution in [-0.2, 0) is 14.8 Å². The number of nitrogens with one attached hydrogen (secondary N) is 2. The van der Waals surface area contributed by atoms with Crippen LogP contribution in [0, 0.1) is 5.82 Å². The lowest BCUT2D eigenvalue weighted by atomic mass is 10.2. The van der Waals surface area contributed by atoms with Gasteiger partial charge in [-0.25, -0.2) is 17.5 Å². The largest absolute Gasteiger partial charge is 0.478 e. The van der Waals surface area contributed by atoms with Gasteiger partial charge >= 0.3 is 0 Å². The molecular formula is C17H15FN2O5S. The molecule has 2 amide bonds. The van der Waals surface area contributed by atoms with E-state index >= 15 is 0 Å². The fourth-order valence-electron chi connectivity index (χ4n) is 2.45. The minimum atomic E-state index is -4.27. The third kappa shape index (κ3) is 3.38. The Morgan fingerprint density at radius 1 is 1.27 bits per heavy atom. The number of ether oxygens (including phenoxy) is 1. The molecule has 1 unspecified atom stereocenters. The van der Waals surface area contributed by atoms with Gasteiger partial charge in [-0.1, -0.05) is 19.1 Å². The van der Waals surface area contributed by atoms with Crippen LogP contribution in [0.3, 0.4) is 0 Å². The van der Waals surface area contributed by atoms with Crippen LogP contribution in [0.15, 0.2) is 47.4 Å². The Morgan fingerprint density at radius 2 is 2.00 bits per heavy atom. The molecule has 1 aliphatic rings. The lowest BCUT2D eigenvalue weighted by Crippen LogP contribution is -2.36. The molecule has 0 saturated heterocycles. The number of benzene rings is 2. The van der Waals surface area contributed by atoms with Crippen molar-refractivity contribution in [2.24, 2.45) is 0 Å². The molecule has 2 aromatic carbocycles. The van der Waals surface area contributed by atoms with Crippen LogP contribution in [0.4, 0.5) is 10.1 Å². The van der Waals surface area contributed by atoms with Gasteiger partial charge in [0.05, 0.1) is 16.1 Å². The third-order valence-electron chi connectivity index (χ3n) is 3.80. The van der Waals surface area contributed by atoms with E-state index in [1.165, 1.54) is 36.4 Å². The Hall–Kier alpha value is -2.94. The van der Waals surface area contributed by atoms with Crippen LogP contribution in [0.1, 0.15) is 23.7 Å². The number of carbonyl (C=O) groups is 2. The molecule has 136 valence electrons. The zero-order valence-corrected chi connectivity index (χ0v) is 14.5. The maximum absolute atomic E-state index is 13.6. The summed E-state index contributed by atoms with van der Waals surface area (Å²) in [6.07, 6.45) is -0.185. The molecule has 0 spiro atoms. The molecule has 1 aliphatic heterocycles. The lowest BCUT2D eigenvalue weighted by Gasteiger charge is -2.25. The van der Waals surface area contributed by atoms with E-state index in [0.29, 0.717) is 12.2 Å². The average molecular weight is 378 g/mol. The molecule has 9 heteroatoms. The molecule has 0 aliphatic carbocycles. The molecule has 26 heavy (non-hydrogen) atoms. The van der Waals surface area contributed by atoms with Crippen molar-refractivity contribution >= 4 is 27.5 Å². The van der Waals surface area contributed by atoms with Gasteiger partial charge in [0.25, 0.3) is 21.8 Å². The second-order valence-electron chi connectivity index (χ2n) is 5.58. The molecule has 1 heterocycles. The Balaban J connectivity index is 1.87. The maximum atomic E-state index is 13.6. The first kappa shape index (κ1) is 17.9. The zero-order valence-electron chi connectivity index (χ0n) is 13.7. The van der Waals surface area contributed by atoms with Gasteiger partial charge in [0.1, 0.15) is 11.6 Å². The van der Waals surface area contributed by atoms with Gasteiger partial charge in [0.2, 0.25) is 0 Å². The van der Waals surface area contributed by atoms with Crippen LogP contribution < -0.4 is 14.8 Å². The minimum absolute atomic E-state index is 0.181. The summed E-state index contributed by atoms with van der Waals surface area (Å²) in [6, 6.07) is 8.83. The standard InChI is InChI=1S/C17H15FN2O5S/c1-2-14-17(22)19-13-9-10(7-8-15(13)25-14)26(23,24)20-16(21)11-5-3-4-6-12(11)18/h3-9,14H,2H2,1H3,(H,19,22)(H,20,21). The number of anilines is 1. The molecule has 7 nitrogen and oxygen atoms in total. The van der Waals surface area contributed by atoms with E-state index in [0.717, 1.165) is 6.07 Å². The van der Waals surface area contributed by atoms with Gasteiger partial charge in [-0.05, 0) is 36.8 Å². The highest BCUT2D eigenvalue weighted by Gasteiger charge is 2.28. The molecule has 0 aromatic heterocycles. The van der Waals surface area contributed by atoms with E-state index in [1.807, 2.05) is 4.72 Å². The van der Waals surface area contributed by atoms with Crippen molar-refractivity contribution < 1.29 is 27.1 Å². The van der Waals surface area contributed by atoms with Crippen LogP contribution in [0.5, 0.6) is 5.75 Å². The molecule has 0 radical (unpaired) electrons. The number of rotatable bonds is 4. The van der Waals surface area contributed by atoms with E-state index in [9.17, 15) is 22.4 Å². The quantitative estimate of drug-likeness (QED) is 0.848. The summed E-state index contributed by atoms with van der Waals surface area (Å²) in [5, 5.41) is 2.57. The van der Waals surface area contributed by atoms with Crippen LogP contribution >= 0.6 is 0 Å². The number of hydrogen-bond acceptors (Lipinski definition) is 5. The fourth-order valence-corrected chi connectivity index (χ4v) is 3.44. The highest BCUT2D eigenvalue weighted by Crippen LogP contribution is 2.32. The molecule has 1 atom stereocenters. The second kappa shape index (κ2) is 6.75. The number of amides is 2. The molecule has 0 saturated carbocycles. The summed E-state index contributed by atoms with van der Waals surface area (Å²) >= 11 is 0. The maximum Gasteiger partial charge on any atom is 0.267 e. The Bertz CT molecular complexity index is 990. The van der Waals surface area contributed by atoms with Gasteiger partial charge in [0.15, 0.2) is 6.10 Å². The Kier molecular flexibility index (Phi) is 4.64. The Morgan fingerprint density at radius 3 is 2.69 bits per heavy atom. The SMILES string of the molecule is CCC1Oc2ccc(S(=O)(=O)NC(=O)c3ccccc3F)cc2NC1=O. The molecule has 3 rings (SSSR count). The van der Waals surface area contributed by atoms with Crippen molar-refractivity contribution in [3.05, 3.63) is 53.8 Å². The second-order valence-corrected chi connectivity index (χ2v) is 7.26. The summed E-state index contributed by atoms with van der Waals surface area (Å²) < 4.78 is 45.7. The molecular weight excluding hydrogens is 363 g/mol. The lowest BCUT2D eigenvalue weighted by molar-refractivity contribution is -0.123. The van der Waals surface area contributed by atoms with E-state index in [2.05, 4.69) is 5.32 Å². The smallest absolute Gasteiger partial charge is 0.267 e. The summed E-state index contributed by atoms with van der Waals surface area (Å²) in [4.78, 5) is 23.6. The molecule has 0 bridgehead atoms. The predicted octanol–water partition coefficient (Wildman–Crippen LogP) is 2.05. The van der Waals surface area contributed by atoms with Gasteiger partial charge < -0.3 is 10.1 Å². The first-order valence-corrected chi connectivity index (χ1v) is 9.23. The fraction of sp³-hybridized carbons (Fsp3) is 0.176. The van der Waals surface area contributed by atoms with Crippen molar-refractivity contribution in [3.63, 3.8) is 0 Å². The van der Waals surface area contributed by atoms with Crippen molar-refractivity contribution in [1.29, 1.82) is 0 Å². The highest BCUT2D eigenvalue weighted by molar-refractivity contribution is 7.90. The van der Waals surface area contributed by atoms with Crippen molar-refractivity contribution in [2.75, 3.05) is 5.32 Å².